The van der Waals surface area contributed by atoms with Crippen molar-refractivity contribution in [3.05, 3.63) is 49.6 Å². The van der Waals surface area contributed by atoms with Crippen LogP contribution in [0.15, 0.2) is 34.1 Å². The predicted molar refractivity (Wildman–Crippen MR) is 77.8 cm³/mol. The van der Waals surface area contributed by atoms with Gasteiger partial charge in [-0.05, 0) is 46.3 Å². The van der Waals surface area contributed by atoms with Gasteiger partial charge >= 0.3 is 5.97 Å². The molecule has 0 saturated carbocycles. The van der Waals surface area contributed by atoms with Crippen LogP contribution in [0.25, 0.3) is 0 Å². The largest absolute Gasteiger partial charge is 0.478 e. The molecular weight excluding hydrogens is 338 g/mol. The van der Waals surface area contributed by atoms with E-state index in [0.29, 0.717) is 17.3 Å². The summed E-state index contributed by atoms with van der Waals surface area (Å²) < 4.78 is 1.05. The highest BCUT2D eigenvalue weighted by Crippen LogP contribution is 2.25. The van der Waals surface area contributed by atoms with Crippen molar-refractivity contribution in [1.82, 2.24) is 0 Å². The van der Waals surface area contributed by atoms with Gasteiger partial charge in [0.1, 0.15) is 0 Å². The molecule has 18 heavy (non-hydrogen) atoms. The van der Waals surface area contributed by atoms with Gasteiger partial charge in [-0.2, -0.15) is 0 Å². The number of rotatable bonds is 4. The smallest absolute Gasteiger partial charge is 0.337 e. The average Bonchev–Trinajstić information content (AvgIpc) is 2.73. The van der Waals surface area contributed by atoms with Crippen molar-refractivity contribution in [2.45, 2.75) is 6.54 Å². The minimum Gasteiger partial charge on any atom is -0.478 e. The number of carboxylic acids is 1. The number of carboxylic acid groups (broad SMARTS) is 1. The Morgan fingerprint density at radius 1 is 1.39 bits per heavy atom. The summed E-state index contributed by atoms with van der Waals surface area (Å²) in [6, 6.07) is 8.73. The zero-order chi connectivity index (χ0) is 13.1. The highest BCUT2D eigenvalue weighted by Gasteiger charge is 2.10. The zero-order valence-electron chi connectivity index (χ0n) is 9.11. The summed E-state index contributed by atoms with van der Waals surface area (Å²) in [5, 5.41) is 12.6. The van der Waals surface area contributed by atoms with Gasteiger partial charge in [-0.3, -0.25) is 0 Å². The lowest BCUT2D eigenvalue weighted by atomic mass is 10.2. The molecule has 3 nitrogen and oxygen atoms in total. The number of nitrogens with one attached hydrogen (secondary N) is 1. The molecule has 2 rings (SSSR count). The van der Waals surface area contributed by atoms with E-state index in [-0.39, 0.29) is 5.56 Å². The monoisotopic (exact) mass is 345 g/mol. The Hall–Kier alpha value is -1.04. The number of halogens is 2. The molecule has 2 N–H and O–H groups in total. The summed E-state index contributed by atoms with van der Waals surface area (Å²) in [6.45, 7) is 0.582. The fraction of sp³-hybridized carbons (Fsp3) is 0.0833. The van der Waals surface area contributed by atoms with Crippen molar-refractivity contribution < 1.29 is 9.90 Å². The number of benzene rings is 1. The lowest BCUT2D eigenvalue weighted by Gasteiger charge is -2.08. The number of thiophene rings is 1. The van der Waals surface area contributed by atoms with Crippen molar-refractivity contribution in [2.24, 2.45) is 0 Å². The maximum Gasteiger partial charge on any atom is 0.337 e. The fourth-order valence-corrected chi connectivity index (χ4v) is 3.07. The molecule has 0 radical (unpaired) electrons. The minimum absolute atomic E-state index is 0.179. The lowest BCUT2D eigenvalue weighted by molar-refractivity contribution is 0.0698. The zero-order valence-corrected chi connectivity index (χ0v) is 12.3. The first-order valence-corrected chi connectivity index (χ1v) is 7.06. The summed E-state index contributed by atoms with van der Waals surface area (Å²) in [6.07, 6.45) is 0. The third-order valence-electron chi connectivity index (χ3n) is 2.29. The maximum atomic E-state index is 11.1. The number of hydrogen-bond donors (Lipinski definition) is 2. The third kappa shape index (κ3) is 3.25. The molecule has 0 bridgehead atoms. The van der Waals surface area contributed by atoms with Crippen LogP contribution in [0.5, 0.6) is 0 Å². The molecule has 0 unspecified atom stereocenters. The number of aromatic carboxylic acids is 1. The Bertz CT molecular complexity index is 585. The van der Waals surface area contributed by atoms with Gasteiger partial charge in [-0.1, -0.05) is 11.6 Å². The fourth-order valence-electron chi connectivity index (χ4n) is 1.48. The third-order valence-corrected chi connectivity index (χ3v) is 4.15. The minimum atomic E-state index is -0.993. The molecule has 0 aliphatic rings. The summed E-state index contributed by atoms with van der Waals surface area (Å²) in [5.74, 6) is -0.993. The van der Waals surface area contributed by atoms with Gasteiger partial charge in [0.05, 0.1) is 9.35 Å². The van der Waals surface area contributed by atoms with E-state index < -0.39 is 5.97 Å². The van der Waals surface area contributed by atoms with Gasteiger partial charge in [0, 0.05) is 22.1 Å². The van der Waals surface area contributed by atoms with E-state index in [4.69, 9.17) is 16.7 Å². The normalized spacial score (nSPS) is 10.3. The first-order chi connectivity index (χ1) is 8.56. The van der Waals surface area contributed by atoms with Gasteiger partial charge in [-0.15, -0.1) is 11.3 Å². The van der Waals surface area contributed by atoms with Gasteiger partial charge in [0.25, 0.3) is 0 Å². The van der Waals surface area contributed by atoms with Gasteiger partial charge < -0.3 is 10.4 Å². The van der Waals surface area contributed by atoms with Crippen LogP contribution in [0, 0.1) is 0 Å². The number of hydrogen-bond acceptors (Lipinski definition) is 3. The van der Waals surface area contributed by atoms with E-state index in [1.807, 2.05) is 12.1 Å². The molecule has 1 aromatic heterocycles. The van der Waals surface area contributed by atoms with Crippen LogP contribution in [0.4, 0.5) is 5.69 Å². The van der Waals surface area contributed by atoms with E-state index in [2.05, 4.69) is 21.2 Å². The molecule has 0 spiro atoms. The molecule has 1 heterocycles. The van der Waals surface area contributed by atoms with Crippen LogP contribution >= 0.6 is 38.9 Å². The quantitative estimate of drug-likeness (QED) is 0.858. The van der Waals surface area contributed by atoms with Crippen LogP contribution in [0.3, 0.4) is 0 Å². The van der Waals surface area contributed by atoms with Crippen LogP contribution in [0.1, 0.15) is 15.2 Å². The van der Waals surface area contributed by atoms with E-state index in [0.717, 1.165) is 8.66 Å². The average molecular weight is 347 g/mol. The summed E-state index contributed by atoms with van der Waals surface area (Å²) in [4.78, 5) is 12.2. The van der Waals surface area contributed by atoms with E-state index in [1.165, 1.54) is 6.07 Å². The molecule has 0 atom stereocenters. The molecule has 0 amide bonds. The first-order valence-electron chi connectivity index (χ1n) is 5.07. The Kier molecular flexibility index (Phi) is 4.27. The number of carbonyl (C=O) groups is 1. The first kappa shape index (κ1) is 13.4. The van der Waals surface area contributed by atoms with Crippen molar-refractivity contribution >= 4 is 50.5 Å². The Morgan fingerprint density at radius 3 is 2.78 bits per heavy atom. The molecule has 0 aliphatic carbocycles. The van der Waals surface area contributed by atoms with Crippen LogP contribution < -0.4 is 5.32 Å². The Morgan fingerprint density at radius 2 is 2.17 bits per heavy atom. The SMILES string of the molecule is O=C(O)c1cc(Cl)ccc1NCc1ccc(Br)s1. The molecule has 94 valence electrons. The number of anilines is 1. The van der Waals surface area contributed by atoms with E-state index in [9.17, 15) is 4.79 Å². The van der Waals surface area contributed by atoms with E-state index in [1.54, 1.807) is 23.5 Å². The second-order valence-electron chi connectivity index (χ2n) is 3.55. The molecular formula is C12H9BrClNO2S. The highest BCUT2D eigenvalue weighted by atomic mass is 79.9. The topological polar surface area (TPSA) is 49.3 Å². The molecule has 0 saturated heterocycles. The van der Waals surface area contributed by atoms with Crippen molar-refractivity contribution in [1.29, 1.82) is 0 Å². The van der Waals surface area contributed by atoms with Gasteiger partial charge in [-0.25, -0.2) is 4.79 Å². The summed E-state index contributed by atoms with van der Waals surface area (Å²) in [5.41, 5.74) is 0.745. The molecule has 1 aromatic carbocycles. The van der Waals surface area contributed by atoms with E-state index >= 15 is 0 Å². The van der Waals surface area contributed by atoms with Gasteiger partial charge in [0.15, 0.2) is 0 Å². The van der Waals surface area contributed by atoms with Crippen LogP contribution in [0.2, 0.25) is 5.02 Å². The maximum absolute atomic E-state index is 11.1. The molecule has 0 aliphatic heterocycles. The van der Waals surface area contributed by atoms with Gasteiger partial charge in [0.2, 0.25) is 0 Å². The highest BCUT2D eigenvalue weighted by molar-refractivity contribution is 9.11. The lowest BCUT2D eigenvalue weighted by Crippen LogP contribution is -2.05. The van der Waals surface area contributed by atoms with Crippen molar-refractivity contribution in [2.75, 3.05) is 5.32 Å². The summed E-state index contributed by atoms with van der Waals surface area (Å²) in [7, 11) is 0. The van der Waals surface area contributed by atoms with Crippen LogP contribution in [-0.2, 0) is 6.54 Å². The second-order valence-corrected chi connectivity index (χ2v) is 6.54. The summed E-state index contributed by atoms with van der Waals surface area (Å²) >= 11 is 10.8. The predicted octanol–water partition coefficient (Wildman–Crippen LogP) is 4.47. The second kappa shape index (κ2) is 5.73. The standard InChI is InChI=1S/C12H9BrClNO2S/c13-11-4-2-8(18-11)6-15-10-3-1-7(14)5-9(10)12(16)17/h1-5,15H,6H2,(H,16,17). The molecule has 2 aromatic rings. The van der Waals surface area contributed by atoms with Crippen LogP contribution in [-0.4, -0.2) is 11.1 Å². The van der Waals surface area contributed by atoms with Crippen molar-refractivity contribution in [3.8, 4) is 0 Å². The van der Waals surface area contributed by atoms with Crippen molar-refractivity contribution in [3.63, 3.8) is 0 Å². The Balaban J connectivity index is 2.16. The molecule has 6 heteroatoms. The Labute approximate surface area is 122 Å². The molecule has 0 fully saturated rings.